The fraction of sp³-hybridized carbons (Fsp3) is 0.727. The Morgan fingerprint density at radius 3 is 2.00 bits per heavy atom. The normalized spacial score (nSPS) is 10.0. The zero-order valence-electron chi connectivity index (χ0n) is 10.7. The lowest BCUT2D eigenvalue weighted by molar-refractivity contribution is -0.159. The van der Waals surface area contributed by atoms with Crippen molar-refractivity contribution in [1.29, 1.82) is 0 Å². The average Bonchev–Trinajstić information content (AvgIpc) is 2.33. The summed E-state index contributed by atoms with van der Waals surface area (Å²) < 4.78 is 9.40. The first-order chi connectivity index (χ1) is 8.56. The van der Waals surface area contributed by atoms with Gasteiger partial charge < -0.3 is 20.5 Å². The summed E-state index contributed by atoms with van der Waals surface area (Å²) in [6.45, 7) is 3.81. The maximum absolute atomic E-state index is 11.5. The van der Waals surface area contributed by atoms with Crippen LogP contribution in [-0.4, -0.2) is 43.6 Å². The third-order valence-corrected chi connectivity index (χ3v) is 1.96. The van der Waals surface area contributed by atoms with Gasteiger partial charge in [0.2, 0.25) is 11.9 Å². The Morgan fingerprint density at radius 2 is 1.61 bits per heavy atom. The summed E-state index contributed by atoms with van der Waals surface area (Å²) >= 11 is 0. The van der Waals surface area contributed by atoms with E-state index in [2.05, 4.69) is 5.32 Å². The third-order valence-electron chi connectivity index (χ3n) is 1.96. The second-order valence-electron chi connectivity index (χ2n) is 3.40. The van der Waals surface area contributed by atoms with Crippen LogP contribution in [-0.2, 0) is 23.9 Å². The van der Waals surface area contributed by atoms with Crippen LogP contribution in [0.15, 0.2) is 0 Å². The van der Waals surface area contributed by atoms with E-state index in [9.17, 15) is 14.4 Å². The quantitative estimate of drug-likeness (QED) is 0.443. The molecule has 0 unspecified atom stereocenters. The second-order valence-corrected chi connectivity index (χ2v) is 3.40. The molecule has 1 amide bonds. The maximum Gasteiger partial charge on any atom is 0.340 e. The molecular formula is C11H20N2O5. The highest BCUT2D eigenvalue weighted by Crippen LogP contribution is 1.96. The molecule has 18 heavy (non-hydrogen) atoms. The summed E-state index contributed by atoms with van der Waals surface area (Å²) in [6.07, 6.45) is 0.621. The first kappa shape index (κ1) is 16.4. The van der Waals surface area contributed by atoms with Crippen LogP contribution in [0, 0.1) is 0 Å². The molecule has 0 aromatic carbocycles. The Morgan fingerprint density at radius 1 is 1.11 bits per heavy atom. The summed E-state index contributed by atoms with van der Waals surface area (Å²) in [5.74, 6) is -2.08. The molecule has 0 saturated heterocycles. The Labute approximate surface area is 106 Å². The SMILES string of the molecule is CCOC(=O)C(NC(=O)CCCN)C(=O)OCC. The third kappa shape index (κ3) is 6.19. The average molecular weight is 260 g/mol. The fourth-order valence-electron chi connectivity index (χ4n) is 1.16. The highest BCUT2D eigenvalue weighted by Gasteiger charge is 2.30. The van der Waals surface area contributed by atoms with E-state index in [1.54, 1.807) is 13.8 Å². The molecule has 104 valence electrons. The molecule has 0 aromatic heterocycles. The minimum atomic E-state index is -1.41. The van der Waals surface area contributed by atoms with E-state index in [1.165, 1.54) is 0 Å². The minimum Gasteiger partial charge on any atom is -0.464 e. The van der Waals surface area contributed by atoms with E-state index in [0.717, 1.165) is 0 Å². The van der Waals surface area contributed by atoms with E-state index >= 15 is 0 Å². The van der Waals surface area contributed by atoms with Crippen molar-refractivity contribution in [2.75, 3.05) is 19.8 Å². The molecule has 0 heterocycles. The van der Waals surface area contributed by atoms with Crippen LogP contribution in [0.5, 0.6) is 0 Å². The van der Waals surface area contributed by atoms with Crippen LogP contribution in [0.3, 0.4) is 0 Å². The van der Waals surface area contributed by atoms with Gasteiger partial charge in [0.05, 0.1) is 13.2 Å². The largest absolute Gasteiger partial charge is 0.464 e. The van der Waals surface area contributed by atoms with Crippen molar-refractivity contribution in [3.63, 3.8) is 0 Å². The molecule has 0 rings (SSSR count). The van der Waals surface area contributed by atoms with Gasteiger partial charge >= 0.3 is 11.9 Å². The van der Waals surface area contributed by atoms with Crippen molar-refractivity contribution < 1.29 is 23.9 Å². The number of esters is 2. The van der Waals surface area contributed by atoms with Gasteiger partial charge in [0.1, 0.15) is 0 Å². The van der Waals surface area contributed by atoms with Gasteiger partial charge in [0.15, 0.2) is 0 Å². The Bertz CT molecular complexity index is 275. The highest BCUT2D eigenvalue weighted by atomic mass is 16.6. The van der Waals surface area contributed by atoms with Crippen LogP contribution in [0.25, 0.3) is 0 Å². The van der Waals surface area contributed by atoms with E-state index in [0.29, 0.717) is 13.0 Å². The standard InChI is InChI=1S/C11H20N2O5/c1-3-17-10(15)9(11(16)18-4-2)13-8(14)6-5-7-12/h9H,3-7,12H2,1-2H3,(H,13,14). The van der Waals surface area contributed by atoms with Gasteiger partial charge in [-0.25, -0.2) is 9.59 Å². The molecule has 0 fully saturated rings. The molecule has 0 saturated carbocycles. The molecule has 7 nitrogen and oxygen atoms in total. The summed E-state index contributed by atoms with van der Waals surface area (Å²) in [7, 11) is 0. The number of hydrogen-bond acceptors (Lipinski definition) is 6. The van der Waals surface area contributed by atoms with Crippen LogP contribution in [0.4, 0.5) is 0 Å². The molecule has 0 aliphatic heterocycles. The van der Waals surface area contributed by atoms with Gasteiger partial charge in [-0.2, -0.15) is 0 Å². The Kier molecular flexibility index (Phi) is 8.55. The lowest BCUT2D eigenvalue weighted by Crippen LogP contribution is -2.48. The van der Waals surface area contributed by atoms with Gasteiger partial charge in [-0.05, 0) is 26.8 Å². The maximum atomic E-state index is 11.5. The first-order valence-electron chi connectivity index (χ1n) is 5.89. The summed E-state index contributed by atoms with van der Waals surface area (Å²) in [6, 6.07) is -1.41. The van der Waals surface area contributed by atoms with Gasteiger partial charge in [0, 0.05) is 6.42 Å². The van der Waals surface area contributed by atoms with Gasteiger partial charge in [-0.1, -0.05) is 0 Å². The molecule has 0 aliphatic rings. The van der Waals surface area contributed by atoms with Crippen molar-refractivity contribution >= 4 is 17.8 Å². The Balaban J connectivity index is 4.51. The minimum absolute atomic E-state index is 0.118. The van der Waals surface area contributed by atoms with E-state index in [-0.39, 0.29) is 19.6 Å². The highest BCUT2D eigenvalue weighted by molar-refractivity contribution is 6.02. The summed E-state index contributed by atoms with van der Waals surface area (Å²) in [4.78, 5) is 34.5. The van der Waals surface area contributed by atoms with Gasteiger partial charge in [-0.15, -0.1) is 0 Å². The number of rotatable bonds is 8. The summed E-state index contributed by atoms with van der Waals surface area (Å²) in [5.41, 5.74) is 5.26. The van der Waals surface area contributed by atoms with Crippen molar-refractivity contribution in [3.05, 3.63) is 0 Å². The van der Waals surface area contributed by atoms with Crippen molar-refractivity contribution in [2.45, 2.75) is 32.7 Å². The van der Waals surface area contributed by atoms with Crippen LogP contribution in [0.1, 0.15) is 26.7 Å². The van der Waals surface area contributed by atoms with Crippen LogP contribution in [0.2, 0.25) is 0 Å². The molecule has 0 spiro atoms. The smallest absolute Gasteiger partial charge is 0.340 e. The molecule has 0 aromatic rings. The first-order valence-corrected chi connectivity index (χ1v) is 5.89. The predicted molar refractivity (Wildman–Crippen MR) is 63.5 cm³/mol. The second kappa shape index (κ2) is 9.41. The number of ether oxygens (including phenoxy) is 2. The zero-order chi connectivity index (χ0) is 14.0. The Hall–Kier alpha value is -1.63. The van der Waals surface area contributed by atoms with Crippen molar-refractivity contribution in [2.24, 2.45) is 5.73 Å². The monoisotopic (exact) mass is 260 g/mol. The zero-order valence-corrected chi connectivity index (χ0v) is 10.7. The summed E-state index contributed by atoms with van der Waals surface area (Å²) in [5, 5.41) is 2.28. The lowest BCUT2D eigenvalue weighted by atomic mass is 10.2. The fourth-order valence-corrected chi connectivity index (χ4v) is 1.16. The number of nitrogens with two attached hydrogens (primary N) is 1. The molecule has 0 bridgehead atoms. The number of nitrogens with one attached hydrogen (secondary N) is 1. The lowest BCUT2D eigenvalue weighted by Gasteiger charge is -2.15. The van der Waals surface area contributed by atoms with Gasteiger partial charge in [-0.3, -0.25) is 4.79 Å². The predicted octanol–water partition coefficient (Wildman–Crippen LogP) is -0.664. The number of carbonyl (C=O) groups excluding carboxylic acids is 3. The van der Waals surface area contributed by atoms with Crippen LogP contribution < -0.4 is 11.1 Å². The van der Waals surface area contributed by atoms with Crippen molar-refractivity contribution in [1.82, 2.24) is 5.32 Å². The van der Waals surface area contributed by atoms with E-state index < -0.39 is 23.9 Å². The topological polar surface area (TPSA) is 108 Å². The van der Waals surface area contributed by atoms with E-state index in [4.69, 9.17) is 15.2 Å². The molecule has 3 N–H and O–H groups in total. The van der Waals surface area contributed by atoms with Gasteiger partial charge in [0.25, 0.3) is 0 Å². The molecular weight excluding hydrogens is 240 g/mol. The number of amides is 1. The molecule has 0 radical (unpaired) electrons. The molecule has 0 aliphatic carbocycles. The number of hydrogen-bond donors (Lipinski definition) is 2. The van der Waals surface area contributed by atoms with E-state index in [1.807, 2.05) is 0 Å². The van der Waals surface area contributed by atoms with Crippen LogP contribution >= 0.6 is 0 Å². The number of carbonyl (C=O) groups is 3. The molecule has 0 atom stereocenters. The molecule has 7 heteroatoms. The van der Waals surface area contributed by atoms with Crippen molar-refractivity contribution in [3.8, 4) is 0 Å².